The van der Waals surface area contributed by atoms with E-state index in [-0.39, 0.29) is 24.3 Å². The molecule has 0 aromatic carbocycles. The normalized spacial score (nSPS) is 26.0. The fourth-order valence-electron chi connectivity index (χ4n) is 3.29. The lowest BCUT2D eigenvalue weighted by Crippen LogP contribution is -2.47. The quantitative estimate of drug-likeness (QED) is 0.840. The number of nitrogens with zero attached hydrogens (tertiary/aromatic N) is 1. The van der Waals surface area contributed by atoms with Gasteiger partial charge in [0.1, 0.15) is 0 Å². The number of likely N-dealkylation sites (tertiary alicyclic amines) is 1. The molecule has 1 unspecified atom stereocenters. The first kappa shape index (κ1) is 13.4. The number of amides is 1. The van der Waals surface area contributed by atoms with Crippen LogP contribution in [0, 0.1) is 5.92 Å². The molecule has 18 heavy (non-hydrogen) atoms. The summed E-state index contributed by atoms with van der Waals surface area (Å²) in [4.78, 5) is 25.2. The summed E-state index contributed by atoms with van der Waals surface area (Å²) in [5.74, 6) is -0.405. The molecule has 2 fully saturated rings. The van der Waals surface area contributed by atoms with Crippen molar-refractivity contribution in [3.63, 3.8) is 0 Å². The number of hydrogen-bond donors (Lipinski definition) is 1. The van der Waals surface area contributed by atoms with E-state index in [1.165, 1.54) is 6.42 Å². The van der Waals surface area contributed by atoms with E-state index in [9.17, 15) is 9.59 Å². The SMILES string of the molecule is O=C(O)CC1CCCCN1C(=O)C1CCCCC1. The molecule has 0 aromatic rings. The number of carboxylic acids is 1. The Balaban J connectivity index is 1.98. The maximum Gasteiger partial charge on any atom is 0.305 e. The molecular weight excluding hydrogens is 230 g/mol. The fraction of sp³-hybridized carbons (Fsp3) is 0.857. The van der Waals surface area contributed by atoms with Crippen molar-refractivity contribution in [3.05, 3.63) is 0 Å². The zero-order valence-corrected chi connectivity index (χ0v) is 10.9. The topological polar surface area (TPSA) is 57.6 Å². The minimum Gasteiger partial charge on any atom is -0.481 e. The zero-order valence-electron chi connectivity index (χ0n) is 10.9. The van der Waals surface area contributed by atoms with Gasteiger partial charge in [0.05, 0.1) is 6.42 Å². The van der Waals surface area contributed by atoms with Gasteiger partial charge in [-0.25, -0.2) is 0 Å². The largest absolute Gasteiger partial charge is 0.481 e. The van der Waals surface area contributed by atoms with Crippen molar-refractivity contribution in [2.75, 3.05) is 6.54 Å². The number of rotatable bonds is 3. The number of carbonyl (C=O) groups is 2. The van der Waals surface area contributed by atoms with E-state index in [0.717, 1.165) is 51.5 Å². The van der Waals surface area contributed by atoms with Gasteiger partial charge >= 0.3 is 5.97 Å². The number of carboxylic acid groups (broad SMARTS) is 1. The summed E-state index contributed by atoms with van der Waals surface area (Å²) in [5, 5.41) is 8.94. The third kappa shape index (κ3) is 3.24. The van der Waals surface area contributed by atoms with Gasteiger partial charge in [-0.05, 0) is 32.1 Å². The van der Waals surface area contributed by atoms with E-state index in [0.29, 0.717) is 0 Å². The van der Waals surface area contributed by atoms with Crippen molar-refractivity contribution >= 4 is 11.9 Å². The van der Waals surface area contributed by atoms with Gasteiger partial charge in [-0.2, -0.15) is 0 Å². The molecule has 4 nitrogen and oxygen atoms in total. The molecule has 102 valence electrons. The summed E-state index contributed by atoms with van der Waals surface area (Å²) >= 11 is 0. The average Bonchev–Trinajstić information content (AvgIpc) is 2.39. The van der Waals surface area contributed by atoms with Crippen molar-refractivity contribution in [3.8, 4) is 0 Å². The van der Waals surface area contributed by atoms with E-state index in [4.69, 9.17) is 5.11 Å². The van der Waals surface area contributed by atoms with Gasteiger partial charge in [0.15, 0.2) is 0 Å². The lowest BCUT2D eigenvalue weighted by Gasteiger charge is -2.38. The molecule has 1 saturated carbocycles. The van der Waals surface area contributed by atoms with Crippen LogP contribution in [0.3, 0.4) is 0 Å². The third-order valence-corrected chi connectivity index (χ3v) is 4.27. The molecular formula is C14H23NO3. The van der Waals surface area contributed by atoms with Crippen LogP contribution in [0.15, 0.2) is 0 Å². The number of piperidine rings is 1. The summed E-state index contributed by atoms with van der Waals surface area (Å²) in [7, 11) is 0. The highest BCUT2D eigenvalue weighted by molar-refractivity contribution is 5.80. The van der Waals surface area contributed by atoms with Crippen LogP contribution in [-0.4, -0.2) is 34.5 Å². The number of carbonyl (C=O) groups excluding carboxylic acids is 1. The monoisotopic (exact) mass is 253 g/mol. The molecule has 2 rings (SSSR count). The van der Waals surface area contributed by atoms with Crippen molar-refractivity contribution in [2.45, 2.75) is 63.8 Å². The van der Waals surface area contributed by atoms with E-state index >= 15 is 0 Å². The zero-order chi connectivity index (χ0) is 13.0. The van der Waals surface area contributed by atoms with Gasteiger partial charge in [0.25, 0.3) is 0 Å². The molecule has 1 aliphatic heterocycles. The van der Waals surface area contributed by atoms with E-state index in [1.807, 2.05) is 4.90 Å². The third-order valence-electron chi connectivity index (χ3n) is 4.27. The fourth-order valence-corrected chi connectivity index (χ4v) is 3.29. The minimum atomic E-state index is -0.789. The second-order valence-electron chi connectivity index (χ2n) is 5.61. The summed E-state index contributed by atoms with van der Waals surface area (Å²) in [6, 6.07) is -0.0642. The van der Waals surface area contributed by atoms with Crippen molar-refractivity contribution in [2.24, 2.45) is 5.92 Å². The maximum atomic E-state index is 12.5. The molecule has 1 saturated heterocycles. The first-order valence-corrected chi connectivity index (χ1v) is 7.21. The molecule has 2 aliphatic rings. The van der Waals surface area contributed by atoms with Gasteiger partial charge in [-0.15, -0.1) is 0 Å². The number of aliphatic carboxylic acids is 1. The van der Waals surface area contributed by atoms with Gasteiger partial charge in [-0.3, -0.25) is 9.59 Å². The number of hydrogen-bond acceptors (Lipinski definition) is 2. The first-order valence-electron chi connectivity index (χ1n) is 7.21. The van der Waals surface area contributed by atoms with Gasteiger partial charge in [0.2, 0.25) is 5.91 Å². The lowest BCUT2D eigenvalue weighted by molar-refractivity contribution is -0.144. The lowest BCUT2D eigenvalue weighted by atomic mass is 9.87. The van der Waals surface area contributed by atoms with Crippen LogP contribution < -0.4 is 0 Å². The summed E-state index contributed by atoms with van der Waals surface area (Å²) in [6.07, 6.45) is 8.55. The minimum absolute atomic E-state index is 0.0642. The molecule has 0 spiro atoms. The van der Waals surface area contributed by atoms with Gasteiger partial charge < -0.3 is 10.0 Å². The molecule has 4 heteroatoms. The molecule has 1 aliphatic carbocycles. The Labute approximate surface area is 108 Å². The van der Waals surface area contributed by atoms with Crippen molar-refractivity contribution in [1.29, 1.82) is 0 Å². The molecule has 1 atom stereocenters. The molecule has 0 aromatic heterocycles. The summed E-state index contributed by atoms with van der Waals surface area (Å²) in [6.45, 7) is 0.757. The van der Waals surface area contributed by atoms with Crippen LogP contribution in [0.1, 0.15) is 57.8 Å². The molecule has 1 amide bonds. The highest BCUT2D eigenvalue weighted by Gasteiger charge is 2.32. The van der Waals surface area contributed by atoms with Crippen LogP contribution in [0.2, 0.25) is 0 Å². The molecule has 0 bridgehead atoms. The predicted molar refractivity (Wildman–Crippen MR) is 68.2 cm³/mol. The van der Waals surface area contributed by atoms with Crippen LogP contribution in [0.5, 0.6) is 0 Å². The van der Waals surface area contributed by atoms with Crippen LogP contribution in [-0.2, 0) is 9.59 Å². The van der Waals surface area contributed by atoms with E-state index in [1.54, 1.807) is 0 Å². The van der Waals surface area contributed by atoms with Crippen LogP contribution in [0.25, 0.3) is 0 Å². The second kappa shape index (κ2) is 6.21. The highest BCUT2D eigenvalue weighted by atomic mass is 16.4. The highest BCUT2D eigenvalue weighted by Crippen LogP contribution is 2.29. The van der Waals surface area contributed by atoms with Crippen LogP contribution >= 0.6 is 0 Å². The van der Waals surface area contributed by atoms with Crippen LogP contribution in [0.4, 0.5) is 0 Å². The Hall–Kier alpha value is -1.06. The first-order chi connectivity index (χ1) is 8.68. The Bertz CT molecular complexity index is 310. The summed E-state index contributed by atoms with van der Waals surface area (Å²) in [5.41, 5.74) is 0. The molecule has 1 N–H and O–H groups in total. The van der Waals surface area contributed by atoms with Crippen molar-refractivity contribution in [1.82, 2.24) is 4.90 Å². The summed E-state index contributed by atoms with van der Waals surface area (Å²) < 4.78 is 0. The Kier molecular flexibility index (Phi) is 4.61. The van der Waals surface area contributed by atoms with E-state index in [2.05, 4.69) is 0 Å². The second-order valence-corrected chi connectivity index (χ2v) is 5.61. The van der Waals surface area contributed by atoms with Gasteiger partial charge in [-0.1, -0.05) is 19.3 Å². The average molecular weight is 253 g/mol. The van der Waals surface area contributed by atoms with E-state index < -0.39 is 5.97 Å². The smallest absolute Gasteiger partial charge is 0.305 e. The van der Waals surface area contributed by atoms with Gasteiger partial charge in [0, 0.05) is 18.5 Å². The maximum absolute atomic E-state index is 12.5. The van der Waals surface area contributed by atoms with Crippen molar-refractivity contribution < 1.29 is 14.7 Å². The molecule has 0 radical (unpaired) electrons. The standard InChI is InChI=1S/C14H23NO3/c16-13(17)10-12-8-4-5-9-15(12)14(18)11-6-2-1-3-7-11/h11-12H,1-10H2,(H,16,17). The Morgan fingerprint density at radius 1 is 1.00 bits per heavy atom. The Morgan fingerprint density at radius 3 is 2.33 bits per heavy atom. The predicted octanol–water partition coefficient (Wildman–Crippen LogP) is 2.42. The molecule has 1 heterocycles. The Morgan fingerprint density at radius 2 is 1.67 bits per heavy atom.